The van der Waals surface area contributed by atoms with Crippen LogP contribution in [0.2, 0.25) is 0 Å². The average molecular weight is 312 g/mol. The molecule has 3 rings (SSSR count). The molecule has 22 heavy (non-hydrogen) atoms. The van der Waals surface area contributed by atoms with Gasteiger partial charge in [-0.05, 0) is 54.7 Å². The van der Waals surface area contributed by atoms with Crippen molar-refractivity contribution in [1.82, 2.24) is 5.16 Å². The quantitative estimate of drug-likeness (QED) is 0.719. The minimum atomic E-state index is 0.528. The van der Waals surface area contributed by atoms with Crippen molar-refractivity contribution in [3.05, 3.63) is 48.7 Å². The van der Waals surface area contributed by atoms with Gasteiger partial charge >= 0.3 is 0 Å². The largest absolute Gasteiger partial charge is 0.378 e. The van der Waals surface area contributed by atoms with Crippen molar-refractivity contribution < 1.29 is 4.52 Å². The normalized spacial score (nSPS) is 10.5. The Bertz CT molecular complexity index is 795. The number of thiocarbonyl (C=S) groups is 1. The first-order valence-electron chi connectivity index (χ1n) is 6.81. The number of benzene rings is 2. The zero-order valence-electron chi connectivity index (χ0n) is 12.3. The first-order valence-corrected chi connectivity index (χ1v) is 7.22. The van der Waals surface area contributed by atoms with E-state index < -0.39 is 0 Å². The van der Waals surface area contributed by atoms with Crippen LogP contribution in [-0.4, -0.2) is 24.4 Å². The number of nitrogens with one attached hydrogen (secondary N) is 2. The Hall–Kier alpha value is -2.60. The maximum Gasteiger partial charge on any atom is 0.175 e. The van der Waals surface area contributed by atoms with E-state index >= 15 is 0 Å². The molecule has 0 unspecified atom stereocenters. The Labute approximate surface area is 133 Å². The molecule has 0 saturated carbocycles. The van der Waals surface area contributed by atoms with Gasteiger partial charge in [0.1, 0.15) is 11.8 Å². The lowest BCUT2D eigenvalue weighted by molar-refractivity contribution is 0.428. The van der Waals surface area contributed by atoms with Gasteiger partial charge in [0.25, 0.3) is 0 Å². The van der Waals surface area contributed by atoms with Crippen LogP contribution in [0.3, 0.4) is 0 Å². The Morgan fingerprint density at radius 2 is 1.73 bits per heavy atom. The molecule has 0 amide bonds. The highest BCUT2D eigenvalue weighted by molar-refractivity contribution is 7.80. The number of hydrogen-bond donors (Lipinski definition) is 2. The minimum Gasteiger partial charge on any atom is -0.378 e. The van der Waals surface area contributed by atoms with Gasteiger partial charge in [-0.3, -0.25) is 0 Å². The van der Waals surface area contributed by atoms with Gasteiger partial charge in [0.15, 0.2) is 5.11 Å². The molecular weight excluding hydrogens is 296 g/mol. The van der Waals surface area contributed by atoms with Gasteiger partial charge in [-0.15, -0.1) is 0 Å². The molecule has 0 fully saturated rings. The molecule has 0 radical (unpaired) electrons. The number of anilines is 3. The van der Waals surface area contributed by atoms with Crippen LogP contribution < -0.4 is 15.5 Å². The highest BCUT2D eigenvalue weighted by Gasteiger charge is 2.03. The summed E-state index contributed by atoms with van der Waals surface area (Å²) in [6.07, 6.45) is 1.61. The van der Waals surface area contributed by atoms with Crippen LogP contribution in [0, 0.1) is 0 Å². The van der Waals surface area contributed by atoms with Gasteiger partial charge in [0, 0.05) is 36.5 Å². The molecule has 0 saturated heterocycles. The van der Waals surface area contributed by atoms with Crippen molar-refractivity contribution >= 4 is 45.3 Å². The monoisotopic (exact) mass is 312 g/mol. The summed E-state index contributed by atoms with van der Waals surface area (Å²) in [5, 5.41) is 11.7. The zero-order valence-corrected chi connectivity index (χ0v) is 13.1. The number of nitrogens with zero attached hydrogens (tertiary/aromatic N) is 2. The van der Waals surface area contributed by atoms with Crippen molar-refractivity contribution in [2.75, 3.05) is 29.6 Å². The summed E-state index contributed by atoms with van der Waals surface area (Å²) in [7, 11) is 4.02. The summed E-state index contributed by atoms with van der Waals surface area (Å²) in [5.74, 6) is 0. The number of rotatable bonds is 3. The van der Waals surface area contributed by atoms with Gasteiger partial charge in [0.2, 0.25) is 0 Å². The molecule has 0 spiro atoms. The van der Waals surface area contributed by atoms with E-state index in [0.29, 0.717) is 5.11 Å². The van der Waals surface area contributed by atoms with E-state index in [1.807, 2.05) is 61.5 Å². The fourth-order valence-electron chi connectivity index (χ4n) is 2.08. The van der Waals surface area contributed by atoms with Crippen LogP contribution in [0.4, 0.5) is 17.1 Å². The minimum absolute atomic E-state index is 0.528. The van der Waals surface area contributed by atoms with Crippen LogP contribution in [-0.2, 0) is 0 Å². The molecule has 5 nitrogen and oxygen atoms in total. The Kier molecular flexibility index (Phi) is 3.93. The lowest BCUT2D eigenvalue weighted by Gasteiger charge is -2.14. The lowest BCUT2D eigenvalue weighted by atomic mass is 10.2. The van der Waals surface area contributed by atoms with Gasteiger partial charge in [-0.2, -0.15) is 0 Å². The van der Waals surface area contributed by atoms with Crippen molar-refractivity contribution in [3.8, 4) is 0 Å². The number of aromatic nitrogens is 1. The second kappa shape index (κ2) is 6.03. The average Bonchev–Trinajstić information content (AvgIpc) is 2.95. The zero-order chi connectivity index (χ0) is 15.5. The molecule has 1 heterocycles. The van der Waals surface area contributed by atoms with Gasteiger partial charge in [0.05, 0.1) is 0 Å². The van der Waals surface area contributed by atoms with Crippen LogP contribution in [0.15, 0.2) is 53.3 Å². The third-order valence-corrected chi connectivity index (χ3v) is 3.46. The van der Waals surface area contributed by atoms with Gasteiger partial charge in [-0.1, -0.05) is 5.16 Å². The van der Waals surface area contributed by atoms with E-state index in [-0.39, 0.29) is 0 Å². The SMILES string of the molecule is CN(C)c1ccc(NC(=S)Nc2ccc3conc3c2)cc1. The van der Waals surface area contributed by atoms with E-state index in [1.165, 1.54) is 0 Å². The van der Waals surface area contributed by atoms with Gasteiger partial charge in [-0.25, -0.2) is 0 Å². The summed E-state index contributed by atoms with van der Waals surface area (Å²) in [6.45, 7) is 0. The molecule has 2 N–H and O–H groups in total. The van der Waals surface area contributed by atoms with E-state index in [0.717, 1.165) is 28.0 Å². The first-order chi connectivity index (χ1) is 10.6. The molecule has 6 heteroatoms. The van der Waals surface area contributed by atoms with Crippen molar-refractivity contribution in [2.45, 2.75) is 0 Å². The Morgan fingerprint density at radius 3 is 2.45 bits per heavy atom. The van der Waals surface area contributed by atoms with Crippen LogP contribution in [0.1, 0.15) is 0 Å². The van der Waals surface area contributed by atoms with Gasteiger partial charge < -0.3 is 20.1 Å². The number of fused-ring (bicyclic) bond motifs is 1. The second-order valence-electron chi connectivity index (χ2n) is 5.11. The highest BCUT2D eigenvalue weighted by atomic mass is 32.1. The Balaban J connectivity index is 1.66. The summed E-state index contributed by atoms with van der Waals surface area (Å²) < 4.78 is 4.92. The topological polar surface area (TPSA) is 53.3 Å². The molecule has 112 valence electrons. The lowest BCUT2D eigenvalue weighted by Crippen LogP contribution is -2.19. The summed E-state index contributed by atoms with van der Waals surface area (Å²) in [6, 6.07) is 13.8. The fraction of sp³-hybridized carbons (Fsp3) is 0.125. The first kappa shape index (κ1) is 14.3. The molecule has 0 aliphatic heterocycles. The molecule has 0 atom stereocenters. The van der Waals surface area contributed by atoms with Crippen molar-refractivity contribution in [2.24, 2.45) is 0 Å². The summed E-state index contributed by atoms with van der Waals surface area (Å²) in [5.41, 5.74) is 3.73. The Morgan fingerprint density at radius 1 is 1.05 bits per heavy atom. The fourth-order valence-corrected chi connectivity index (χ4v) is 2.31. The summed E-state index contributed by atoms with van der Waals surface area (Å²) >= 11 is 5.33. The van der Waals surface area contributed by atoms with E-state index in [9.17, 15) is 0 Å². The standard InChI is InChI=1S/C16H16N4OS/c1-20(2)14-7-5-12(6-8-14)17-16(22)18-13-4-3-11-10-21-19-15(11)9-13/h3-10H,1-2H3,(H2,17,18,22). The highest BCUT2D eigenvalue weighted by Crippen LogP contribution is 2.19. The van der Waals surface area contributed by atoms with E-state index in [4.69, 9.17) is 16.7 Å². The second-order valence-corrected chi connectivity index (χ2v) is 5.52. The predicted octanol–water partition coefficient (Wildman–Crippen LogP) is 3.70. The number of hydrogen-bond acceptors (Lipinski definition) is 4. The smallest absolute Gasteiger partial charge is 0.175 e. The van der Waals surface area contributed by atoms with Crippen molar-refractivity contribution in [3.63, 3.8) is 0 Å². The maximum absolute atomic E-state index is 5.33. The molecule has 0 bridgehead atoms. The van der Waals surface area contributed by atoms with Crippen LogP contribution in [0.25, 0.3) is 10.9 Å². The summed E-state index contributed by atoms with van der Waals surface area (Å²) in [4.78, 5) is 2.05. The third-order valence-electron chi connectivity index (χ3n) is 3.26. The van der Waals surface area contributed by atoms with E-state index in [2.05, 4.69) is 15.8 Å². The third kappa shape index (κ3) is 3.17. The predicted molar refractivity (Wildman–Crippen MR) is 94.6 cm³/mol. The maximum atomic E-state index is 5.33. The van der Waals surface area contributed by atoms with Crippen LogP contribution in [0.5, 0.6) is 0 Å². The molecule has 1 aromatic heterocycles. The van der Waals surface area contributed by atoms with E-state index in [1.54, 1.807) is 6.26 Å². The van der Waals surface area contributed by atoms with Crippen LogP contribution >= 0.6 is 12.2 Å². The molecule has 0 aliphatic rings. The molecular formula is C16H16N4OS. The van der Waals surface area contributed by atoms with Crippen molar-refractivity contribution in [1.29, 1.82) is 0 Å². The molecule has 3 aromatic rings. The molecule has 2 aromatic carbocycles. The molecule has 0 aliphatic carbocycles.